The van der Waals surface area contributed by atoms with Gasteiger partial charge in [0, 0.05) is 17.1 Å². The lowest BCUT2D eigenvalue weighted by molar-refractivity contribution is -0.121. The number of benzene rings is 1. The van der Waals surface area contributed by atoms with E-state index in [9.17, 15) is 14.9 Å². The van der Waals surface area contributed by atoms with E-state index in [1.807, 2.05) is 6.07 Å². The van der Waals surface area contributed by atoms with Crippen LogP contribution in [0.25, 0.3) is 0 Å². The van der Waals surface area contributed by atoms with Crippen LogP contribution in [-0.2, 0) is 22.4 Å². The molecule has 4 rings (SSSR count). The van der Waals surface area contributed by atoms with Crippen LogP contribution >= 0.6 is 23.4 Å². The summed E-state index contributed by atoms with van der Waals surface area (Å²) in [6, 6.07) is 10.7. The molecule has 7 heteroatoms. The molecule has 2 amide bonds. The van der Waals surface area contributed by atoms with Crippen molar-refractivity contribution in [2.24, 2.45) is 0 Å². The summed E-state index contributed by atoms with van der Waals surface area (Å²) in [6.07, 6.45) is 5.28. The van der Waals surface area contributed by atoms with Crippen molar-refractivity contribution >= 4 is 40.9 Å². The fourth-order valence-corrected chi connectivity index (χ4v) is 4.88. The molecule has 1 aromatic heterocycles. The number of carbonyl (C=O) groups excluding carboxylic acids is 2. The number of halogens is 1. The first-order chi connectivity index (χ1) is 13.6. The minimum absolute atomic E-state index is 0.0930. The van der Waals surface area contributed by atoms with Gasteiger partial charge in [0.05, 0.1) is 16.5 Å². The minimum Gasteiger partial charge on any atom is -0.274 e. The Labute approximate surface area is 172 Å². The lowest BCUT2D eigenvalue weighted by atomic mass is 10.1. The average molecular weight is 412 g/mol. The fourth-order valence-electron chi connectivity index (χ4n) is 3.65. The van der Waals surface area contributed by atoms with Crippen molar-refractivity contribution in [2.75, 3.05) is 4.90 Å². The van der Waals surface area contributed by atoms with Crippen LogP contribution in [0.5, 0.6) is 0 Å². The Morgan fingerprint density at radius 1 is 1.14 bits per heavy atom. The van der Waals surface area contributed by atoms with E-state index in [-0.39, 0.29) is 18.2 Å². The van der Waals surface area contributed by atoms with Crippen molar-refractivity contribution in [3.8, 4) is 6.07 Å². The number of pyridine rings is 1. The van der Waals surface area contributed by atoms with Crippen molar-refractivity contribution < 1.29 is 9.59 Å². The van der Waals surface area contributed by atoms with Gasteiger partial charge in [0.2, 0.25) is 11.8 Å². The van der Waals surface area contributed by atoms with Crippen LogP contribution in [-0.4, -0.2) is 22.0 Å². The zero-order chi connectivity index (χ0) is 19.7. The number of carbonyl (C=O) groups is 2. The number of amides is 2. The molecule has 2 heterocycles. The van der Waals surface area contributed by atoms with Gasteiger partial charge < -0.3 is 0 Å². The normalized spacial score (nSPS) is 19.3. The molecule has 1 fully saturated rings. The Bertz CT molecular complexity index is 984. The van der Waals surface area contributed by atoms with E-state index in [0.29, 0.717) is 21.3 Å². The van der Waals surface area contributed by atoms with E-state index in [4.69, 9.17) is 16.6 Å². The molecule has 0 bridgehead atoms. The summed E-state index contributed by atoms with van der Waals surface area (Å²) in [5.74, 6) is -0.531. The summed E-state index contributed by atoms with van der Waals surface area (Å²) in [6.45, 7) is 0. The van der Waals surface area contributed by atoms with Gasteiger partial charge in [-0.15, -0.1) is 0 Å². The largest absolute Gasteiger partial charge is 0.274 e. The maximum Gasteiger partial charge on any atom is 0.247 e. The summed E-state index contributed by atoms with van der Waals surface area (Å²) in [5, 5.41) is 10.1. The van der Waals surface area contributed by atoms with E-state index in [1.165, 1.54) is 16.7 Å². The molecular formula is C21H18ClN3O2S. The Morgan fingerprint density at radius 3 is 2.64 bits per heavy atom. The molecule has 5 nitrogen and oxygen atoms in total. The molecule has 0 spiro atoms. The molecule has 1 unspecified atom stereocenters. The first-order valence-electron chi connectivity index (χ1n) is 9.28. The number of thioether (sulfide) groups is 1. The summed E-state index contributed by atoms with van der Waals surface area (Å²) in [7, 11) is 0. The predicted molar refractivity (Wildman–Crippen MR) is 108 cm³/mol. The summed E-state index contributed by atoms with van der Waals surface area (Å²) < 4.78 is 0. The van der Waals surface area contributed by atoms with E-state index in [2.05, 4.69) is 6.07 Å². The number of rotatable bonds is 3. The highest BCUT2D eigenvalue weighted by Gasteiger charge is 2.40. The first kappa shape index (κ1) is 19.0. The SMILES string of the molecule is N#Cc1cc2c(nc1SC1CC(=O)N(c3ccc(Cl)cc3)C1=O)CCCCC2. The van der Waals surface area contributed by atoms with Crippen LogP contribution in [0.3, 0.4) is 0 Å². The minimum atomic E-state index is -0.577. The maximum atomic E-state index is 12.9. The predicted octanol–water partition coefficient (Wildman–Crippen LogP) is 4.30. The summed E-state index contributed by atoms with van der Waals surface area (Å²) in [4.78, 5) is 31.3. The molecule has 1 atom stereocenters. The van der Waals surface area contributed by atoms with E-state index in [0.717, 1.165) is 43.4 Å². The van der Waals surface area contributed by atoms with Gasteiger partial charge in [-0.25, -0.2) is 9.88 Å². The number of hydrogen-bond acceptors (Lipinski definition) is 5. The van der Waals surface area contributed by atoms with Gasteiger partial charge in [-0.05, 0) is 61.6 Å². The topological polar surface area (TPSA) is 74.1 Å². The molecule has 2 aliphatic rings. The van der Waals surface area contributed by atoms with Gasteiger partial charge in [-0.1, -0.05) is 29.8 Å². The molecule has 0 radical (unpaired) electrons. The molecule has 1 aliphatic carbocycles. The third kappa shape index (κ3) is 3.65. The van der Waals surface area contributed by atoms with E-state index in [1.54, 1.807) is 24.3 Å². The Kier molecular flexibility index (Phi) is 5.38. The van der Waals surface area contributed by atoms with Gasteiger partial charge in [0.15, 0.2) is 0 Å². The Hall–Kier alpha value is -2.36. The van der Waals surface area contributed by atoms with Crippen molar-refractivity contribution in [3.63, 3.8) is 0 Å². The monoisotopic (exact) mass is 411 g/mol. The van der Waals surface area contributed by atoms with Crippen LogP contribution < -0.4 is 4.90 Å². The third-order valence-corrected chi connectivity index (χ3v) is 6.52. The van der Waals surface area contributed by atoms with Gasteiger partial charge in [-0.3, -0.25) is 9.59 Å². The lowest BCUT2D eigenvalue weighted by Gasteiger charge is -2.15. The molecule has 2 aromatic rings. The van der Waals surface area contributed by atoms with E-state index >= 15 is 0 Å². The average Bonchev–Trinajstić information content (AvgIpc) is 2.85. The second kappa shape index (κ2) is 7.94. The number of hydrogen-bond donors (Lipinski definition) is 0. The van der Waals surface area contributed by atoms with Gasteiger partial charge >= 0.3 is 0 Å². The second-order valence-corrected chi connectivity index (χ2v) is 8.60. The van der Waals surface area contributed by atoms with Crippen LogP contribution in [0.2, 0.25) is 5.02 Å². The molecule has 1 saturated heterocycles. The van der Waals surface area contributed by atoms with Crippen molar-refractivity contribution in [1.29, 1.82) is 5.26 Å². The van der Waals surface area contributed by atoms with Crippen LogP contribution in [0.4, 0.5) is 5.69 Å². The quantitative estimate of drug-likeness (QED) is 0.556. The standard InChI is InChI=1S/C21H18ClN3O2S/c22-15-6-8-16(9-7-15)25-19(26)11-18(21(25)27)28-20-14(12-23)10-13-4-2-1-3-5-17(13)24-20/h6-10,18H,1-5,11H2. The maximum absolute atomic E-state index is 12.9. The molecule has 142 valence electrons. The molecule has 28 heavy (non-hydrogen) atoms. The number of nitrogens with zero attached hydrogens (tertiary/aromatic N) is 3. The molecule has 0 N–H and O–H groups in total. The van der Waals surface area contributed by atoms with Gasteiger partial charge in [-0.2, -0.15) is 5.26 Å². The number of nitriles is 1. The van der Waals surface area contributed by atoms with Crippen LogP contribution in [0.1, 0.15) is 42.5 Å². The first-order valence-corrected chi connectivity index (χ1v) is 10.5. The van der Waals surface area contributed by atoms with Crippen molar-refractivity contribution in [3.05, 3.63) is 52.2 Å². The fraction of sp³-hybridized carbons (Fsp3) is 0.333. The molecule has 1 aromatic carbocycles. The number of fused-ring (bicyclic) bond motifs is 1. The highest BCUT2D eigenvalue weighted by atomic mass is 35.5. The second-order valence-electron chi connectivity index (χ2n) is 6.97. The Morgan fingerprint density at radius 2 is 1.89 bits per heavy atom. The summed E-state index contributed by atoms with van der Waals surface area (Å²) >= 11 is 7.12. The lowest BCUT2D eigenvalue weighted by Crippen LogP contribution is -2.31. The van der Waals surface area contributed by atoms with Crippen LogP contribution in [0.15, 0.2) is 35.4 Å². The molecule has 1 aliphatic heterocycles. The van der Waals surface area contributed by atoms with Crippen molar-refractivity contribution in [2.45, 2.75) is 48.8 Å². The zero-order valence-corrected chi connectivity index (χ0v) is 16.7. The van der Waals surface area contributed by atoms with E-state index < -0.39 is 5.25 Å². The number of aromatic nitrogens is 1. The van der Waals surface area contributed by atoms with Crippen LogP contribution in [0, 0.1) is 11.3 Å². The van der Waals surface area contributed by atoms with Gasteiger partial charge in [0.1, 0.15) is 11.1 Å². The highest BCUT2D eigenvalue weighted by molar-refractivity contribution is 8.00. The molecule has 0 saturated carbocycles. The number of imide groups is 1. The number of aryl methyl sites for hydroxylation is 2. The zero-order valence-electron chi connectivity index (χ0n) is 15.2. The number of anilines is 1. The highest BCUT2D eigenvalue weighted by Crippen LogP contribution is 2.36. The summed E-state index contributed by atoms with van der Waals surface area (Å²) in [5.41, 5.74) is 3.15. The Balaban J connectivity index is 1.60. The van der Waals surface area contributed by atoms with Crippen molar-refractivity contribution in [1.82, 2.24) is 4.98 Å². The third-order valence-electron chi connectivity index (χ3n) is 5.08. The smallest absolute Gasteiger partial charge is 0.247 e. The van der Waals surface area contributed by atoms with Gasteiger partial charge in [0.25, 0.3) is 0 Å². The molecular weight excluding hydrogens is 394 g/mol.